The lowest BCUT2D eigenvalue weighted by Crippen LogP contribution is -2.28. The Morgan fingerprint density at radius 1 is 1.31 bits per heavy atom. The van der Waals surface area contributed by atoms with Crippen LogP contribution in [0.4, 0.5) is 0 Å². The predicted octanol–water partition coefficient (Wildman–Crippen LogP) is 1.07. The summed E-state index contributed by atoms with van der Waals surface area (Å²) in [5.41, 5.74) is 0.825. The van der Waals surface area contributed by atoms with Crippen LogP contribution in [-0.2, 0) is 9.47 Å². The van der Waals surface area contributed by atoms with E-state index < -0.39 is 11.9 Å². The number of hydrogen-bond acceptors (Lipinski definition) is 3. The van der Waals surface area contributed by atoms with Crippen LogP contribution < -0.4 is 0 Å². The van der Waals surface area contributed by atoms with Crippen molar-refractivity contribution in [1.29, 1.82) is 0 Å². The molecular formula is C10H16O3. The molecule has 1 N–H and O–H groups in total. The van der Waals surface area contributed by atoms with Gasteiger partial charge < -0.3 is 14.6 Å². The van der Waals surface area contributed by atoms with Crippen molar-refractivity contribution in [2.75, 3.05) is 0 Å². The molecule has 1 saturated heterocycles. The van der Waals surface area contributed by atoms with Crippen molar-refractivity contribution in [2.45, 2.75) is 44.9 Å². The van der Waals surface area contributed by atoms with Gasteiger partial charge in [0.2, 0.25) is 0 Å². The SMILES string of the molecule is C=C1C(C)C2OC(C)(C)OC2C1O. The van der Waals surface area contributed by atoms with Gasteiger partial charge in [-0.25, -0.2) is 0 Å². The minimum Gasteiger partial charge on any atom is -0.386 e. The lowest BCUT2D eigenvalue weighted by molar-refractivity contribution is -0.160. The van der Waals surface area contributed by atoms with E-state index in [9.17, 15) is 5.11 Å². The molecule has 0 aromatic rings. The van der Waals surface area contributed by atoms with Gasteiger partial charge >= 0.3 is 0 Å². The molecule has 1 aliphatic heterocycles. The van der Waals surface area contributed by atoms with Crippen molar-refractivity contribution >= 4 is 0 Å². The number of fused-ring (bicyclic) bond motifs is 1. The number of aliphatic hydroxyl groups excluding tert-OH is 1. The van der Waals surface area contributed by atoms with E-state index in [0.29, 0.717) is 0 Å². The van der Waals surface area contributed by atoms with Gasteiger partial charge in [0, 0.05) is 5.92 Å². The van der Waals surface area contributed by atoms with Crippen molar-refractivity contribution in [1.82, 2.24) is 0 Å². The fourth-order valence-corrected chi connectivity index (χ4v) is 2.14. The molecule has 0 radical (unpaired) electrons. The molecule has 4 unspecified atom stereocenters. The van der Waals surface area contributed by atoms with Crippen LogP contribution in [0.15, 0.2) is 12.2 Å². The van der Waals surface area contributed by atoms with E-state index in [1.54, 1.807) is 0 Å². The van der Waals surface area contributed by atoms with E-state index in [0.717, 1.165) is 5.57 Å². The third kappa shape index (κ3) is 1.23. The monoisotopic (exact) mass is 184 g/mol. The average Bonchev–Trinajstić information content (AvgIpc) is 2.44. The highest BCUT2D eigenvalue weighted by Crippen LogP contribution is 2.43. The molecule has 13 heavy (non-hydrogen) atoms. The summed E-state index contributed by atoms with van der Waals surface area (Å²) in [6.45, 7) is 9.59. The summed E-state index contributed by atoms with van der Waals surface area (Å²) in [5.74, 6) is -0.382. The second-order valence-electron chi connectivity index (χ2n) is 4.37. The summed E-state index contributed by atoms with van der Waals surface area (Å²) in [5, 5.41) is 9.77. The Kier molecular flexibility index (Phi) is 1.81. The summed E-state index contributed by atoms with van der Waals surface area (Å²) >= 11 is 0. The first-order valence-electron chi connectivity index (χ1n) is 4.65. The van der Waals surface area contributed by atoms with Gasteiger partial charge in [-0.3, -0.25) is 0 Å². The van der Waals surface area contributed by atoms with Crippen LogP contribution in [0.1, 0.15) is 20.8 Å². The van der Waals surface area contributed by atoms with Gasteiger partial charge in [-0.05, 0) is 19.4 Å². The zero-order valence-electron chi connectivity index (χ0n) is 8.28. The van der Waals surface area contributed by atoms with Crippen LogP contribution >= 0.6 is 0 Å². The Bertz CT molecular complexity index is 225. The molecule has 3 heteroatoms. The molecule has 3 nitrogen and oxygen atoms in total. The summed E-state index contributed by atoms with van der Waals surface area (Å²) in [6.07, 6.45) is -0.822. The Morgan fingerprint density at radius 2 is 1.85 bits per heavy atom. The van der Waals surface area contributed by atoms with Crippen molar-refractivity contribution < 1.29 is 14.6 Å². The Hall–Kier alpha value is -0.380. The molecule has 0 aromatic heterocycles. The van der Waals surface area contributed by atoms with Gasteiger partial charge in [0.1, 0.15) is 12.2 Å². The largest absolute Gasteiger partial charge is 0.386 e. The van der Waals surface area contributed by atoms with E-state index in [2.05, 4.69) is 6.58 Å². The Labute approximate surface area is 78.3 Å². The molecule has 0 aromatic carbocycles. The molecule has 0 bridgehead atoms. The molecule has 2 aliphatic rings. The minimum atomic E-state index is -0.568. The molecule has 1 saturated carbocycles. The summed E-state index contributed by atoms with van der Waals surface area (Å²) in [6, 6.07) is 0. The molecule has 1 heterocycles. The van der Waals surface area contributed by atoms with Gasteiger partial charge in [-0.15, -0.1) is 0 Å². The van der Waals surface area contributed by atoms with Crippen molar-refractivity contribution in [3.63, 3.8) is 0 Å². The second-order valence-corrected chi connectivity index (χ2v) is 4.37. The molecule has 4 atom stereocenters. The first-order valence-corrected chi connectivity index (χ1v) is 4.65. The van der Waals surface area contributed by atoms with Crippen LogP contribution in [0.5, 0.6) is 0 Å². The zero-order chi connectivity index (χ0) is 9.80. The van der Waals surface area contributed by atoms with Crippen molar-refractivity contribution in [2.24, 2.45) is 5.92 Å². The maximum Gasteiger partial charge on any atom is 0.163 e. The highest BCUT2D eigenvalue weighted by Gasteiger charge is 2.53. The zero-order valence-corrected chi connectivity index (χ0v) is 8.28. The molecule has 0 spiro atoms. The minimum absolute atomic E-state index is 0.0301. The van der Waals surface area contributed by atoms with Crippen molar-refractivity contribution in [3.05, 3.63) is 12.2 Å². The van der Waals surface area contributed by atoms with E-state index in [1.165, 1.54) is 0 Å². The lowest BCUT2D eigenvalue weighted by atomic mass is 10.1. The molecule has 2 rings (SSSR count). The van der Waals surface area contributed by atoms with Crippen molar-refractivity contribution in [3.8, 4) is 0 Å². The topological polar surface area (TPSA) is 38.7 Å². The molecule has 1 aliphatic carbocycles. The van der Waals surface area contributed by atoms with E-state index in [1.807, 2.05) is 20.8 Å². The number of ether oxygens (including phenoxy) is 2. The van der Waals surface area contributed by atoms with Gasteiger partial charge in [-0.1, -0.05) is 13.5 Å². The van der Waals surface area contributed by atoms with E-state index >= 15 is 0 Å². The molecule has 74 valence electrons. The number of aliphatic hydroxyl groups is 1. The first kappa shape index (κ1) is 9.19. The van der Waals surface area contributed by atoms with Gasteiger partial charge in [-0.2, -0.15) is 0 Å². The van der Waals surface area contributed by atoms with Crippen LogP contribution in [0.25, 0.3) is 0 Å². The van der Waals surface area contributed by atoms with E-state index in [4.69, 9.17) is 9.47 Å². The summed E-state index contributed by atoms with van der Waals surface area (Å²) < 4.78 is 11.3. The van der Waals surface area contributed by atoms with E-state index in [-0.39, 0.29) is 18.1 Å². The third-order valence-corrected chi connectivity index (χ3v) is 2.93. The molecule has 0 amide bonds. The smallest absolute Gasteiger partial charge is 0.163 e. The maximum atomic E-state index is 9.77. The van der Waals surface area contributed by atoms with Crippen LogP contribution in [0.2, 0.25) is 0 Å². The number of hydrogen-bond donors (Lipinski definition) is 1. The quantitative estimate of drug-likeness (QED) is 0.572. The highest BCUT2D eigenvalue weighted by atomic mass is 16.8. The first-order chi connectivity index (χ1) is 5.92. The summed E-state index contributed by atoms with van der Waals surface area (Å²) in [4.78, 5) is 0. The predicted molar refractivity (Wildman–Crippen MR) is 48.1 cm³/mol. The lowest BCUT2D eigenvalue weighted by Gasteiger charge is -2.21. The van der Waals surface area contributed by atoms with Gasteiger partial charge in [0.25, 0.3) is 0 Å². The van der Waals surface area contributed by atoms with Crippen LogP contribution in [-0.4, -0.2) is 29.2 Å². The van der Waals surface area contributed by atoms with Crippen LogP contribution in [0.3, 0.4) is 0 Å². The fraction of sp³-hybridized carbons (Fsp3) is 0.800. The normalized spacial score (nSPS) is 48.2. The summed E-state index contributed by atoms with van der Waals surface area (Å²) in [7, 11) is 0. The molecular weight excluding hydrogens is 168 g/mol. The second kappa shape index (κ2) is 2.56. The van der Waals surface area contributed by atoms with Gasteiger partial charge in [0.15, 0.2) is 5.79 Å². The Morgan fingerprint density at radius 3 is 2.38 bits per heavy atom. The Balaban J connectivity index is 2.23. The van der Waals surface area contributed by atoms with Gasteiger partial charge in [0.05, 0.1) is 6.10 Å². The highest BCUT2D eigenvalue weighted by molar-refractivity contribution is 5.21. The fourth-order valence-electron chi connectivity index (χ4n) is 2.14. The number of rotatable bonds is 0. The standard InChI is InChI=1S/C10H16O3/c1-5-6(2)8-9(7(5)11)13-10(3,4)12-8/h6-9,11H,1H2,2-4H3. The van der Waals surface area contributed by atoms with Crippen LogP contribution in [0, 0.1) is 5.92 Å². The average molecular weight is 184 g/mol. The maximum absolute atomic E-state index is 9.77. The third-order valence-electron chi connectivity index (χ3n) is 2.93. The molecule has 2 fully saturated rings.